The Morgan fingerprint density at radius 1 is 0.192 bits per heavy atom. The third-order valence-corrected chi connectivity index (χ3v) is 19.1. The second-order valence-electron chi connectivity index (χ2n) is 22.1. The Labute approximate surface area is 431 Å². The van der Waals surface area contributed by atoms with Crippen LogP contribution in [0, 0.1) is 0 Å². The highest BCUT2D eigenvalue weighted by Crippen LogP contribution is 2.63. The maximum absolute atomic E-state index is 2.51. The van der Waals surface area contributed by atoms with Gasteiger partial charge in [0.15, 0.2) is 0 Å². The van der Waals surface area contributed by atoms with Gasteiger partial charge in [0.2, 0.25) is 0 Å². The first-order valence-electron chi connectivity index (χ1n) is 27.1. The molecule has 73 heavy (non-hydrogen) atoms. The van der Waals surface area contributed by atoms with Crippen LogP contribution in [0.4, 0.5) is 0 Å². The minimum Gasteiger partial charge on any atom is -0.0619 e. The lowest BCUT2D eigenvalue weighted by atomic mass is 9.61. The first-order chi connectivity index (χ1) is 36.2. The Kier molecular flexibility index (Phi) is 9.76. The number of fused-ring (bicyclic) bond motifs is 15. The molecular formula is C73H58. The summed E-state index contributed by atoms with van der Waals surface area (Å²) in [6, 6.07) is 93.9. The molecule has 0 amide bonds. The molecule has 0 aliphatic heterocycles. The van der Waals surface area contributed by atoms with Gasteiger partial charge in [0.1, 0.15) is 0 Å². The molecule has 15 rings (SSSR count). The van der Waals surface area contributed by atoms with Gasteiger partial charge in [-0.1, -0.05) is 243 Å². The minimum atomic E-state index is -0.217. The molecule has 0 spiro atoms. The molecule has 10 aromatic rings. The summed E-state index contributed by atoms with van der Waals surface area (Å²) in [6.45, 7) is 0. The van der Waals surface area contributed by atoms with Crippen LogP contribution in [-0.2, 0) is 16.2 Å². The van der Waals surface area contributed by atoms with Crippen molar-refractivity contribution < 1.29 is 0 Å². The average molecular weight is 935 g/mol. The second kappa shape index (κ2) is 16.6. The van der Waals surface area contributed by atoms with Gasteiger partial charge in [-0.25, -0.2) is 0 Å². The maximum atomic E-state index is 2.51. The molecule has 0 fully saturated rings. The zero-order chi connectivity index (χ0) is 48.1. The molecule has 0 saturated carbocycles. The molecule has 0 atom stereocenters. The van der Waals surface area contributed by atoms with Crippen LogP contribution in [0.5, 0.6) is 0 Å². The third kappa shape index (κ3) is 6.20. The third-order valence-electron chi connectivity index (χ3n) is 19.1. The Hall–Kier alpha value is -7.80. The lowest BCUT2D eigenvalue weighted by molar-refractivity contribution is 0.309. The number of hydrogen-bond donors (Lipinski definition) is 0. The van der Waals surface area contributed by atoms with E-state index >= 15 is 0 Å². The van der Waals surface area contributed by atoms with Gasteiger partial charge < -0.3 is 0 Å². The molecule has 350 valence electrons. The highest BCUT2D eigenvalue weighted by Gasteiger charge is 2.51. The van der Waals surface area contributed by atoms with E-state index in [0.717, 1.165) is 51.4 Å². The lowest BCUT2D eigenvalue weighted by Crippen LogP contribution is -2.35. The summed E-state index contributed by atoms with van der Waals surface area (Å²) in [5.41, 5.74) is 28.6. The van der Waals surface area contributed by atoms with Crippen molar-refractivity contribution in [3.63, 3.8) is 0 Å². The number of benzene rings is 10. The molecule has 10 aromatic carbocycles. The van der Waals surface area contributed by atoms with Crippen LogP contribution >= 0.6 is 0 Å². The Morgan fingerprint density at radius 2 is 0.370 bits per heavy atom. The average Bonchev–Trinajstić information content (AvgIpc) is 4.21. The van der Waals surface area contributed by atoms with E-state index < -0.39 is 0 Å². The normalized spacial score (nSPS) is 16.1. The maximum Gasteiger partial charge on any atom is 0.0216 e. The molecule has 0 radical (unpaired) electrons. The molecular weight excluding hydrogens is 877 g/mol. The van der Waals surface area contributed by atoms with E-state index in [4.69, 9.17) is 0 Å². The summed E-state index contributed by atoms with van der Waals surface area (Å²) >= 11 is 0. The molecule has 0 saturated heterocycles. The zero-order valence-electron chi connectivity index (χ0n) is 41.4. The van der Waals surface area contributed by atoms with Gasteiger partial charge >= 0.3 is 0 Å². The standard InChI is InChI=1S/C73H58/c1-5-25-53-49(21-1)50-22-2-6-26-54(50)57(53)41-43-71(65-35-15-9-29-59(65)60-30-10-16-36-66(60)71)45-47-73(69-39-19-13-33-63(69)64-34-14-20-40-70(64)73)48-46-72(67-37-17-11-31-61(67)62-32-12-18-38-68(62)72)44-42-58-55-27-7-3-23-51(55)52-24-4-8-28-56(52)58/h1-40,57-58H,41-48H2. The zero-order valence-corrected chi connectivity index (χ0v) is 41.4. The summed E-state index contributed by atoms with van der Waals surface area (Å²) in [6.07, 6.45) is 8.51. The second-order valence-corrected chi connectivity index (χ2v) is 22.1. The number of hydrogen-bond acceptors (Lipinski definition) is 0. The van der Waals surface area contributed by atoms with E-state index in [-0.39, 0.29) is 16.2 Å². The van der Waals surface area contributed by atoms with Gasteiger partial charge in [0.05, 0.1) is 0 Å². The van der Waals surface area contributed by atoms with Crippen molar-refractivity contribution in [1.29, 1.82) is 0 Å². The van der Waals surface area contributed by atoms with E-state index in [0.29, 0.717) is 11.8 Å². The Morgan fingerprint density at radius 3 is 0.603 bits per heavy atom. The fourth-order valence-electron chi connectivity index (χ4n) is 16.0. The van der Waals surface area contributed by atoms with Crippen molar-refractivity contribution in [1.82, 2.24) is 0 Å². The summed E-state index contributed by atoms with van der Waals surface area (Å²) in [4.78, 5) is 0. The van der Waals surface area contributed by atoms with Crippen LogP contribution in [0.1, 0.15) is 119 Å². The summed E-state index contributed by atoms with van der Waals surface area (Å²) in [5.74, 6) is 0.708. The van der Waals surface area contributed by atoms with Crippen LogP contribution in [0.15, 0.2) is 243 Å². The van der Waals surface area contributed by atoms with E-state index in [1.807, 2.05) is 0 Å². The highest BCUT2D eigenvalue weighted by atomic mass is 14.5. The van der Waals surface area contributed by atoms with Gasteiger partial charge in [0.25, 0.3) is 0 Å². The summed E-state index contributed by atoms with van der Waals surface area (Å²) in [7, 11) is 0. The summed E-state index contributed by atoms with van der Waals surface area (Å²) < 4.78 is 0. The van der Waals surface area contributed by atoms with Crippen LogP contribution in [0.25, 0.3) is 55.6 Å². The molecule has 5 aliphatic carbocycles. The fourth-order valence-corrected chi connectivity index (χ4v) is 16.0. The first kappa shape index (κ1) is 42.8. The van der Waals surface area contributed by atoms with E-state index in [1.165, 1.54) is 111 Å². The fraction of sp³-hybridized carbons (Fsp3) is 0.178. The van der Waals surface area contributed by atoms with Gasteiger partial charge in [-0.3, -0.25) is 0 Å². The molecule has 0 aromatic heterocycles. The SMILES string of the molecule is c1ccc2c(c1)-c1ccccc1C2CCC1(CCC2(CCC3(CCC4c5ccccc5-c5ccccc54)c4ccccc4-c4ccccc43)c3ccccc3-c3ccccc32)c2ccccc2-c2ccccc21. The van der Waals surface area contributed by atoms with Crippen LogP contribution in [0.2, 0.25) is 0 Å². The van der Waals surface area contributed by atoms with Gasteiger partial charge in [0, 0.05) is 28.1 Å². The quantitative estimate of drug-likeness (QED) is 0.115. The Balaban J connectivity index is 0.875. The topological polar surface area (TPSA) is 0 Å². The molecule has 0 unspecified atom stereocenters. The van der Waals surface area contributed by atoms with E-state index in [9.17, 15) is 0 Å². The van der Waals surface area contributed by atoms with Crippen molar-refractivity contribution in [2.45, 2.75) is 79.4 Å². The van der Waals surface area contributed by atoms with Gasteiger partial charge in [-0.15, -0.1) is 0 Å². The van der Waals surface area contributed by atoms with Crippen molar-refractivity contribution in [2.24, 2.45) is 0 Å². The van der Waals surface area contributed by atoms with Crippen molar-refractivity contribution in [2.75, 3.05) is 0 Å². The van der Waals surface area contributed by atoms with Crippen molar-refractivity contribution >= 4 is 0 Å². The van der Waals surface area contributed by atoms with Crippen molar-refractivity contribution in [3.8, 4) is 55.6 Å². The highest BCUT2D eigenvalue weighted by molar-refractivity contribution is 5.85. The molecule has 0 nitrogen and oxygen atoms in total. The van der Waals surface area contributed by atoms with Crippen LogP contribution in [0.3, 0.4) is 0 Å². The smallest absolute Gasteiger partial charge is 0.0216 e. The van der Waals surface area contributed by atoms with E-state index in [2.05, 4.69) is 243 Å². The molecule has 0 heterocycles. The lowest BCUT2D eigenvalue weighted by Gasteiger charge is -2.42. The largest absolute Gasteiger partial charge is 0.0619 e. The van der Waals surface area contributed by atoms with Crippen LogP contribution < -0.4 is 0 Å². The Bertz CT molecular complexity index is 3370. The number of rotatable bonds is 12. The molecule has 0 bridgehead atoms. The predicted octanol–water partition coefficient (Wildman–Crippen LogP) is 18.6. The monoisotopic (exact) mass is 934 g/mol. The van der Waals surface area contributed by atoms with Gasteiger partial charge in [-0.2, -0.15) is 0 Å². The molecule has 0 N–H and O–H groups in total. The van der Waals surface area contributed by atoms with E-state index in [1.54, 1.807) is 0 Å². The van der Waals surface area contributed by atoms with Gasteiger partial charge in [-0.05, 0) is 163 Å². The summed E-state index contributed by atoms with van der Waals surface area (Å²) in [5, 5.41) is 0. The van der Waals surface area contributed by atoms with Crippen molar-refractivity contribution in [3.05, 3.63) is 298 Å². The molecule has 0 heteroatoms. The van der Waals surface area contributed by atoms with Crippen LogP contribution in [-0.4, -0.2) is 0 Å². The predicted molar refractivity (Wildman–Crippen MR) is 302 cm³/mol. The first-order valence-corrected chi connectivity index (χ1v) is 27.1. The minimum absolute atomic E-state index is 0.174. The molecule has 5 aliphatic rings.